The lowest BCUT2D eigenvalue weighted by Gasteiger charge is -2.41. The van der Waals surface area contributed by atoms with Crippen molar-refractivity contribution in [3.05, 3.63) is 66.2 Å². The lowest BCUT2D eigenvalue weighted by Crippen LogP contribution is -2.53. The van der Waals surface area contributed by atoms with Gasteiger partial charge in [-0.1, -0.05) is 48.5 Å². The zero-order chi connectivity index (χ0) is 27.7. The van der Waals surface area contributed by atoms with Crippen LogP contribution >= 0.6 is 0 Å². The molecule has 3 aliphatic rings. The van der Waals surface area contributed by atoms with Gasteiger partial charge in [0, 0.05) is 57.3 Å². The summed E-state index contributed by atoms with van der Waals surface area (Å²) >= 11 is 0. The molecule has 2 aromatic carbocycles. The van der Waals surface area contributed by atoms with Crippen molar-refractivity contribution in [1.82, 2.24) is 15.3 Å². The Morgan fingerprint density at radius 1 is 0.750 bits per heavy atom. The van der Waals surface area contributed by atoms with Crippen molar-refractivity contribution in [2.24, 2.45) is 17.8 Å². The zero-order valence-corrected chi connectivity index (χ0v) is 23.4. The standard InChI is InChI=1S/C32H42N4O4/c37-30(35-16-8-3-9-17-35)23-26-14-15-28(29(22-26)31(38)33-40-24-25-10-4-1-5-11-25)32(39)36-20-18-34(19-21-36)27-12-6-2-7-13-27/h1-2,4-7,10-13,26,28-29H,3,8-9,14-24H2,(H,33,38)/t26?,28-,29-/m0/s1. The number of piperidine rings is 1. The van der Waals surface area contributed by atoms with Gasteiger partial charge in [0.2, 0.25) is 17.7 Å². The van der Waals surface area contributed by atoms with Crippen LogP contribution in [-0.2, 0) is 25.8 Å². The van der Waals surface area contributed by atoms with Gasteiger partial charge in [0.25, 0.3) is 0 Å². The van der Waals surface area contributed by atoms with Crippen LogP contribution in [0, 0.1) is 17.8 Å². The summed E-state index contributed by atoms with van der Waals surface area (Å²) in [6.07, 6.45) is 5.69. The Morgan fingerprint density at radius 3 is 2.12 bits per heavy atom. The van der Waals surface area contributed by atoms with Crippen LogP contribution in [-0.4, -0.2) is 66.8 Å². The van der Waals surface area contributed by atoms with Gasteiger partial charge in [-0.05, 0) is 62.1 Å². The second-order valence-electron chi connectivity index (χ2n) is 11.4. The Kier molecular flexibility index (Phi) is 9.71. The van der Waals surface area contributed by atoms with Crippen molar-refractivity contribution in [3.8, 4) is 0 Å². The Hall–Kier alpha value is -3.39. The molecule has 2 aromatic rings. The largest absolute Gasteiger partial charge is 0.368 e. The third-order valence-electron chi connectivity index (χ3n) is 8.75. The van der Waals surface area contributed by atoms with E-state index in [0.717, 1.165) is 51.0 Å². The van der Waals surface area contributed by atoms with Crippen molar-refractivity contribution in [2.75, 3.05) is 44.2 Å². The molecule has 0 aromatic heterocycles. The SMILES string of the molecule is O=C(NOCc1ccccc1)[C@H]1CC(CC(=O)N2CCCCC2)CC[C@@H]1C(=O)N1CCN(c2ccccc2)CC1. The Labute approximate surface area is 237 Å². The van der Waals surface area contributed by atoms with Crippen LogP contribution in [0.25, 0.3) is 0 Å². The molecule has 8 heteroatoms. The molecule has 3 atom stereocenters. The third kappa shape index (κ3) is 7.22. The first-order valence-corrected chi connectivity index (χ1v) is 14.9. The number of para-hydroxylation sites is 1. The molecule has 1 aliphatic carbocycles. The van der Waals surface area contributed by atoms with Gasteiger partial charge in [-0.15, -0.1) is 0 Å². The first-order valence-electron chi connectivity index (χ1n) is 14.9. The molecule has 1 unspecified atom stereocenters. The van der Waals surface area contributed by atoms with Gasteiger partial charge in [0.15, 0.2) is 0 Å². The zero-order valence-electron chi connectivity index (χ0n) is 23.4. The van der Waals surface area contributed by atoms with Crippen molar-refractivity contribution < 1.29 is 19.2 Å². The van der Waals surface area contributed by atoms with Gasteiger partial charge in [-0.3, -0.25) is 19.2 Å². The minimum absolute atomic E-state index is 0.0525. The molecule has 0 bridgehead atoms. The summed E-state index contributed by atoms with van der Waals surface area (Å²) in [7, 11) is 0. The van der Waals surface area contributed by atoms with E-state index >= 15 is 0 Å². The monoisotopic (exact) mass is 546 g/mol. The summed E-state index contributed by atoms with van der Waals surface area (Å²) in [6.45, 7) is 4.74. The molecule has 40 heavy (non-hydrogen) atoms. The van der Waals surface area contributed by atoms with Crippen LogP contribution in [0.4, 0.5) is 5.69 Å². The second-order valence-corrected chi connectivity index (χ2v) is 11.4. The summed E-state index contributed by atoms with van der Waals surface area (Å²) in [5, 5.41) is 0. The molecule has 0 radical (unpaired) electrons. The summed E-state index contributed by atoms with van der Waals surface area (Å²) in [5.41, 5.74) is 4.77. The van der Waals surface area contributed by atoms with E-state index in [-0.39, 0.29) is 30.2 Å². The maximum atomic E-state index is 13.8. The molecule has 2 saturated heterocycles. The average Bonchev–Trinajstić information content (AvgIpc) is 3.02. The molecule has 3 amide bonds. The van der Waals surface area contributed by atoms with Crippen LogP contribution < -0.4 is 10.4 Å². The normalized spacial score (nSPS) is 23.5. The predicted molar refractivity (Wildman–Crippen MR) is 154 cm³/mol. The first-order chi connectivity index (χ1) is 19.6. The number of hydrogen-bond donors (Lipinski definition) is 1. The van der Waals surface area contributed by atoms with E-state index in [1.807, 2.05) is 58.3 Å². The van der Waals surface area contributed by atoms with E-state index in [2.05, 4.69) is 22.5 Å². The number of nitrogens with zero attached hydrogens (tertiary/aromatic N) is 3. The highest BCUT2D eigenvalue weighted by atomic mass is 16.6. The van der Waals surface area contributed by atoms with Crippen molar-refractivity contribution in [3.63, 3.8) is 0 Å². The van der Waals surface area contributed by atoms with Crippen LogP contribution in [0.3, 0.4) is 0 Å². The second kappa shape index (κ2) is 13.8. The highest BCUT2D eigenvalue weighted by Gasteiger charge is 2.42. The Morgan fingerprint density at radius 2 is 1.43 bits per heavy atom. The highest BCUT2D eigenvalue weighted by molar-refractivity contribution is 5.88. The predicted octanol–water partition coefficient (Wildman–Crippen LogP) is 4.02. The number of benzene rings is 2. The fraction of sp³-hybridized carbons (Fsp3) is 0.531. The highest BCUT2D eigenvalue weighted by Crippen LogP contribution is 2.38. The molecular formula is C32H42N4O4. The van der Waals surface area contributed by atoms with Crippen LogP contribution in [0.5, 0.6) is 0 Å². The lowest BCUT2D eigenvalue weighted by molar-refractivity contribution is -0.151. The molecule has 2 aliphatic heterocycles. The fourth-order valence-electron chi connectivity index (χ4n) is 6.45. The van der Waals surface area contributed by atoms with Gasteiger partial charge in [-0.25, -0.2) is 5.48 Å². The van der Waals surface area contributed by atoms with E-state index in [4.69, 9.17) is 4.84 Å². The molecular weight excluding hydrogens is 504 g/mol. The van der Waals surface area contributed by atoms with E-state index in [1.165, 1.54) is 12.1 Å². The van der Waals surface area contributed by atoms with Gasteiger partial charge in [0.05, 0.1) is 12.5 Å². The fourth-order valence-corrected chi connectivity index (χ4v) is 6.45. The molecule has 0 spiro atoms. The van der Waals surface area contributed by atoms with E-state index in [0.29, 0.717) is 32.4 Å². The summed E-state index contributed by atoms with van der Waals surface area (Å²) in [6, 6.07) is 19.9. The minimum Gasteiger partial charge on any atom is -0.368 e. The maximum absolute atomic E-state index is 13.8. The van der Waals surface area contributed by atoms with Crippen LogP contribution in [0.2, 0.25) is 0 Å². The molecule has 3 fully saturated rings. The number of nitrogens with one attached hydrogen (secondary N) is 1. The van der Waals surface area contributed by atoms with Crippen molar-refractivity contribution in [2.45, 2.75) is 51.6 Å². The maximum Gasteiger partial charge on any atom is 0.247 e. The number of carbonyl (C=O) groups excluding carboxylic acids is 3. The number of anilines is 1. The number of piperazine rings is 1. The van der Waals surface area contributed by atoms with E-state index < -0.39 is 11.8 Å². The number of carbonyl (C=O) groups is 3. The van der Waals surface area contributed by atoms with Crippen LogP contribution in [0.15, 0.2) is 60.7 Å². The van der Waals surface area contributed by atoms with Crippen molar-refractivity contribution in [1.29, 1.82) is 0 Å². The molecule has 8 nitrogen and oxygen atoms in total. The van der Waals surface area contributed by atoms with Gasteiger partial charge < -0.3 is 14.7 Å². The third-order valence-corrected chi connectivity index (χ3v) is 8.75. The number of hydrogen-bond acceptors (Lipinski definition) is 5. The minimum atomic E-state index is -0.511. The Balaban J connectivity index is 1.21. The Bertz CT molecular complexity index is 1110. The van der Waals surface area contributed by atoms with Crippen molar-refractivity contribution >= 4 is 23.4 Å². The number of rotatable bonds is 8. The molecule has 1 N–H and O–H groups in total. The lowest BCUT2D eigenvalue weighted by atomic mass is 9.71. The average molecular weight is 547 g/mol. The first kappa shape index (κ1) is 28.1. The number of hydroxylamine groups is 1. The molecule has 1 saturated carbocycles. The molecule has 5 rings (SSSR count). The number of amides is 3. The van der Waals surface area contributed by atoms with E-state index in [9.17, 15) is 14.4 Å². The number of likely N-dealkylation sites (tertiary alicyclic amines) is 1. The smallest absolute Gasteiger partial charge is 0.247 e. The van der Waals surface area contributed by atoms with Gasteiger partial charge in [0.1, 0.15) is 0 Å². The molecule has 2 heterocycles. The summed E-state index contributed by atoms with van der Waals surface area (Å²) in [4.78, 5) is 52.0. The van der Waals surface area contributed by atoms with E-state index in [1.54, 1.807) is 0 Å². The van der Waals surface area contributed by atoms with Gasteiger partial charge >= 0.3 is 0 Å². The summed E-state index contributed by atoms with van der Waals surface area (Å²) < 4.78 is 0. The van der Waals surface area contributed by atoms with Crippen LogP contribution in [0.1, 0.15) is 50.5 Å². The quantitative estimate of drug-likeness (QED) is 0.506. The molecule has 214 valence electrons. The topological polar surface area (TPSA) is 82.2 Å². The van der Waals surface area contributed by atoms with Gasteiger partial charge in [-0.2, -0.15) is 0 Å². The summed E-state index contributed by atoms with van der Waals surface area (Å²) in [5.74, 6) is -0.832.